The average Bonchev–Trinajstić information content (AvgIpc) is 2.42. The number of carbonyl (C=O) groups is 1. The second kappa shape index (κ2) is 7.47. The molecule has 0 unspecified atom stereocenters. The van der Waals surface area contributed by atoms with Crippen LogP contribution in [0.15, 0.2) is 18.2 Å². The van der Waals surface area contributed by atoms with Gasteiger partial charge in [0.2, 0.25) is 0 Å². The van der Waals surface area contributed by atoms with E-state index in [-0.39, 0.29) is 17.2 Å². The number of benzene rings is 1. The number of nitrogens with one attached hydrogen (secondary N) is 2. The van der Waals surface area contributed by atoms with E-state index < -0.39 is 4.92 Å². The Morgan fingerprint density at radius 2 is 2.10 bits per heavy atom. The number of carbonyl (C=O) groups excluding carboxylic acids is 1. The highest BCUT2D eigenvalue weighted by molar-refractivity contribution is 5.95. The summed E-state index contributed by atoms with van der Waals surface area (Å²) in [4.78, 5) is 22.1. The number of anilines is 1. The summed E-state index contributed by atoms with van der Waals surface area (Å²) in [7, 11) is 1.49. The predicted molar refractivity (Wildman–Crippen MR) is 79.0 cm³/mol. The van der Waals surface area contributed by atoms with Crippen molar-refractivity contribution in [2.24, 2.45) is 5.92 Å². The average molecular weight is 279 g/mol. The molecule has 0 aromatic heterocycles. The van der Waals surface area contributed by atoms with Crippen molar-refractivity contribution in [1.82, 2.24) is 5.32 Å². The predicted octanol–water partition coefficient (Wildman–Crippen LogP) is 2.80. The molecule has 0 aliphatic heterocycles. The van der Waals surface area contributed by atoms with E-state index in [9.17, 15) is 14.9 Å². The van der Waals surface area contributed by atoms with Gasteiger partial charge in [-0.15, -0.1) is 0 Å². The fraction of sp³-hybridized carbons (Fsp3) is 0.500. The van der Waals surface area contributed by atoms with Crippen LogP contribution in [-0.2, 0) is 0 Å². The van der Waals surface area contributed by atoms with Gasteiger partial charge in [0.05, 0.1) is 4.92 Å². The third-order valence-electron chi connectivity index (χ3n) is 2.96. The van der Waals surface area contributed by atoms with E-state index >= 15 is 0 Å². The smallest absolute Gasteiger partial charge is 0.293 e. The minimum Gasteiger partial charge on any atom is -0.379 e. The molecule has 0 spiro atoms. The van der Waals surface area contributed by atoms with Crippen molar-refractivity contribution < 1.29 is 9.72 Å². The van der Waals surface area contributed by atoms with Gasteiger partial charge >= 0.3 is 0 Å². The maximum absolute atomic E-state index is 11.5. The van der Waals surface area contributed by atoms with E-state index in [4.69, 9.17) is 0 Å². The Bertz CT molecular complexity index is 487. The molecular formula is C14H21N3O3. The zero-order chi connectivity index (χ0) is 15.1. The first-order chi connectivity index (χ1) is 9.45. The van der Waals surface area contributed by atoms with Crippen LogP contribution in [0.5, 0.6) is 0 Å². The number of nitrogens with zero attached hydrogens (tertiary/aromatic N) is 1. The van der Waals surface area contributed by atoms with Crippen LogP contribution in [0.4, 0.5) is 11.4 Å². The molecule has 6 nitrogen and oxygen atoms in total. The first kappa shape index (κ1) is 15.9. The lowest BCUT2D eigenvalue weighted by atomic mass is 10.1. The number of rotatable bonds is 7. The number of hydrogen-bond donors (Lipinski definition) is 2. The van der Waals surface area contributed by atoms with Crippen LogP contribution < -0.4 is 10.6 Å². The van der Waals surface area contributed by atoms with Gasteiger partial charge in [-0.1, -0.05) is 13.8 Å². The molecule has 0 saturated heterocycles. The van der Waals surface area contributed by atoms with E-state index in [0.717, 1.165) is 12.8 Å². The molecule has 0 atom stereocenters. The molecule has 1 aromatic rings. The van der Waals surface area contributed by atoms with Gasteiger partial charge in [-0.3, -0.25) is 14.9 Å². The van der Waals surface area contributed by atoms with Crippen molar-refractivity contribution in [1.29, 1.82) is 0 Å². The SMILES string of the molecule is CNC(=O)c1ccc(NCCCC(C)C)c([N+](=O)[O-])c1. The molecule has 0 bridgehead atoms. The molecule has 0 saturated carbocycles. The van der Waals surface area contributed by atoms with Gasteiger partial charge in [-0.05, 0) is 30.9 Å². The number of hydrogen-bond acceptors (Lipinski definition) is 4. The van der Waals surface area contributed by atoms with Crippen molar-refractivity contribution in [3.8, 4) is 0 Å². The normalized spacial score (nSPS) is 10.4. The maximum Gasteiger partial charge on any atom is 0.293 e. The van der Waals surface area contributed by atoms with Crippen LogP contribution >= 0.6 is 0 Å². The Hall–Kier alpha value is -2.11. The van der Waals surface area contributed by atoms with Crippen LogP contribution in [0.3, 0.4) is 0 Å². The summed E-state index contributed by atoms with van der Waals surface area (Å²) in [5, 5.41) is 16.6. The van der Waals surface area contributed by atoms with Crippen molar-refractivity contribution in [2.45, 2.75) is 26.7 Å². The van der Waals surface area contributed by atoms with Crippen LogP contribution in [0.1, 0.15) is 37.0 Å². The number of amides is 1. The fourth-order valence-corrected chi connectivity index (χ4v) is 1.85. The molecule has 0 radical (unpaired) electrons. The molecule has 110 valence electrons. The molecule has 0 aliphatic carbocycles. The van der Waals surface area contributed by atoms with E-state index in [1.165, 1.54) is 13.1 Å². The van der Waals surface area contributed by atoms with Crippen LogP contribution in [0, 0.1) is 16.0 Å². The first-order valence-corrected chi connectivity index (χ1v) is 6.70. The summed E-state index contributed by atoms with van der Waals surface area (Å²) >= 11 is 0. The molecule has 2 N–H and O–H groups in total. The van der Waals surface area contributed by atoms with Gasteiger partial charge in [0.25, 0.3) is 11.6 Å². The number of nitro benzene ring substituents is 1. The molecule has 1 rings (SSSR count). The van der Waals surface area contributed by atoms with Gasteiger partial charge in [0.1, 0.15) is 5.69 Å². The highest BCUT2D eigenvalue weighted by Crippen LogP contribution is 2.25. The first-order valence-electron chi connectivity index (χ1n) is 6.70. The third kappa shape index (κ3) is 4.53. The molecular weight excluding hydrogens is 258 g/mol. The third-order valence-corrected chi connectivity index (χ3v) is 2.96. The second-order valence-corrected chi connectivity index (χ2v) is 5.03. The summed E-state index contributed by atoms with van der Waals surface area (Å²) < 4.78 is 0. The van der Waals surface area contributed by atoms with Gasteiger partial charge in [0, 0.05) is 25.2 Å². The van der Waals surface area contributed by atoms with E-state index in [0.29, 0.717) is 18.2 Å². The summed E-state index contributed by atoms with van der Waals surface area (Å²) in [6, 6.07) is 4.46. The Morgan fingerprint density at radius 1 is 1.40 bits per heavy atom. The molecule has 1 aromatic carbocycles. The molecule has 1 amide bonds. The molecule has 0 heterocycles. The van der Waals surface area contributed by atoms with Gasteiger partial charge in [-0.25, -0.2) is 0 Å². The largest absolute Gasteiger partial charge is 0.379 e. The molecule has 6 heteroatoms. The van der Waals surface area contributed by atoms with Crippen molar-refractivity contribution in [3.63, 3.8) is 0 Å². The van der Waals surface area contributed by atoms with Crippen molar-refractivity contribution in [3.05, 3.63) is 33.9 Å². The van der Waals surface area contributed by atoms with Gasteiger partial charge in [-0.2, -0.15) is 0 Å². The standard InChI is InChI=1S/C14H21N3O3/c1-10(2)5-4-8-16-12-7-6-11(14(18)15-3)9-13(12)17(19)20/h6-7,9-10,16H,4-5,8H2,1-3H3,(H,15,18). The lowest BCUT2D eigenvalue weighted by Gasteiger charge is -2.09. The Kier molecular flexibility index (Phi) is 5.96. The second-order valence-electron chi connectivity index (χ2n) is 5.03. The molecule has 0 aliphatic rings. The minimum atomic E-state index is -0.475. The molecule has 20 heavy (non-hydrogen) atoms. The fourth-order valence-electron chi connectivity index (χ4n) is 1.85. The summed E-state index contributed by atoms with van der Waals surface area (Å²) in [6.07, 6.45) is 2.02. The Balaban J connectivity index is 2.80. The van der Waals surface area contributed by atoms with E-state index in [1.54, 1.807) is 12.1 Å². The zero-order valence-corrected chi connectivity index (χ0v) is 12.1. The topological polar surface area (TPSA) is 84.3 Å². The van der Waals surface area contributed by atoms with E-state index in [1.807, 2.05) is 0 Å². The van der Waals surface area contributed by atoms with Crippen molar-refractivity contribution in [2.75, 3.05) is 18.9 Å². The molecule has 0 fully saturated rings. The van der Waals surface area contributed by atoms with Gasteiger partial charge < -0.3 is 10.6 Å². The quantitative estimate of drug-likeness (QED) is 0.456. The summed E-state index contributed by atoms with van der Waals surface area (Å²) in [5.41, 5.74) is 0.661. The number of nitro groups is 1. The summed E-state index contributed by atoms with van der Waals surface area (Å²) in [6.45, 7) is 4.96. The minimum absolute atomic E-state index is 0.0735. The van der Waals surface area contributed by atoms with Crippen LogP contribution in [0.25, 0.3) is 0 Å². The Labute approximate surface area is 118 Å². The van der Waals surface area contributed by atoms with E-state index in [2.05, 4.69) is 24.5 Å². The van der Waals surface area contributed by atoms with Crippen molar-refractivity contribution >= 4 is 17.3 Å². The summed E-state index contributed by atoms with van der Waals surface area (Å²) in [5.74, 6) is 0.280. The Morgan fingerprint density at radius 3 is 2.65 bits per heavy atom. The van der Waals surface area contributed by atoms with Crippen LogP contribution in [0.2, 0.25) is 0 Å². The monoisotopic (exact) mass is 279 g/mol. The maximum atomic E-state index is 11.5. The highest BCUT2D eigenvalue weighted by atomic mass is 16.6. The highest BCUT2D eigenvalue weighted by Gasteiger charge is 2.16. The lowest BCUT2D eigenvalue weighted by Crippen LogP contribution is -2.18. The zero-order valence-electron chi connectivity index (χ0n) is 12.1. The van der Waals surface area contributed by atoms with Gasteiger partial charge in [0.15, 0.2) is 0 Å². The van der Waals surface area contributed by atoms with Crippen LogP contribution in [-0.4, -0.2) is 24.4 Å². The lowest BCUT2D eigenvalue weighted by molar-refractivity contribution is -0.384.